The first-order valence-electron chi connectivity index (χ1n) is 10.9. The average molecular weight is 498 g/mol. The van der Waals surface area contributed by atoms with Crippen LogP contribution in [0.3, 0.4) is 0 Å². The number of phenolic OH excluding ortho intramolecular Hbond substituents is 1. The molecule has 0 aliphatic heterocycles. The molecule has 0 saturated carbocycles. The van der Waals surface area contributed by atoms with E-state index < -0.39 is 48.1 Å². The van der Waals surface area contributed by atoms with Crippen LogP contribution in [0.2, 0.25) is 0 Å². The summed E-state index contributed by atoms with van der Waals surface area (Å²) >= 11 is 1.50. The largest absolute Gasteiger partial charge is 0.508 e. The molecular weight excluding hydrogens is 462 g/mol. The number of phenols is 1. The lowest BCUT2D eigenvalue weighted by Gasteiger charge is -2.33. The molecule has 0 aliphatic carbocycles. The van der Waals surface area contributed by atoms with Crippen molar-refractivity contribution in [1.29, 1.82) is 0 Å². The molecule has 2 unspecified atom stereocenters. The van der Waals surface area contributed by atoms with E-state index in [2.05, 4.69) is 15.4 Å². The van der Waals surface area contributed by atoms with Gasteiger partial charge in [0.15, 0.2) is 0 Å². The van der Waals surface area contributed by atoms with Crippen LogP contribution in [0.15, 0.2) is 24.3 Å². The van der Waals surface area contributed by atoms with Crippen LogP contribution in [0.1, 0.15) is 45.7 Å². The number of carbonyl (C=O) groups excluding carboxylic acids is 4. The van der Waals surface area contributed by atoms with Gasteiger partial charge in [-0.15, -0.1) is 0 Å². The normalized spacial score (nSPS) is 12.8. The van der Waals surface area contributed by atoms with E-state index in [1.807, 2.05) is 6.26 Å². The highest BCUT2D eigenvalue weighted by Crippen LogP contribution is 2.29. The number of thioether (sulfide) groups is 1. The summed E-state index contributed by atoms with van der Waals surface area (Å²) in [5.41, 5.74) is -0.575. The van der Waals surface area contributed by atoms with Gasteiger partial charge in [-0.25, -0.2) is 4.79 Å². The van der Waals surface area contributed by atoms with Crippen molar-refractivity contribution >= 4 is 35.6 Å². The number of likely N-dealkylation sites (N-methyl/N-ethyl adjacent to an activating group) is 1. The lowest BCUT2D eigenvalue weighted by molar-refractivity contribution is -0.144. The molecule has 0 bridgehead atoms. The predicted octanol–water partition coefficient (Wildman–Crippen LogP) is 2.22. The number of benzene rings is 1. The van der Waals surface area contributed by atoms with Crippen LogP contribution < -0.4 is 10.6 Å². The van der Waals surface area contributed by atoms with Crippen molar-refractivity contribution in [2.75, 3.05) is 32.2 Å². The molecule has 190 valence electrons. The van der Waals surface area contributed by atoms with E-state index in [0.29, 0.717) is 12.2 Å². The van der Waals surface area contributed by atoms with Gasteiger partial charge in [-0.1, -0.05) is 18.2 Å². The van der Waals surface area contributed by atoms with Gasteiger partial charge >= 0.3 is 12.1 Å². The Hall–Kier alpha value is -2.95. The Morgan fingerprint density at radius 1 is 1.18 bits per heavy atom. The van der Waals surface area contributed by atoms with Gasteiger partial charge in [-0.2, -0.15) is 11.8 Å². The first-order valence-corrected chi connectivity index (χ1v) is 12.3. The SMILES string of the molecule is CCN(C(=O)C(CCSC)NC(=O)OC(C)(C)C)C(C(=O)NCC(=O)OC)c1ccccc1O. The van der Waals surface area contributed by atoms with Crippen LogP contribution in [0, 0.1) is 0 Å². The van der Waals surface area contributed by atoms with Crippen LogP contribution in [0.4, 0.5) is 4.79 Å². The fourth-order valence-corrected chi connectivity index (χ4v) is 3.58. The van der Waals surface area contributed by atoms with Gasteiger partial charge in [-0.05, 0) is 52.2 Å². The molecule has 0 aromatic heterocycles. The Morgan fingerprint density at radius 2 is 1.82 bits per heavy atom. The van der Waals surface area contributed by atoms with Gasteiger partial charge in [0, 0.05) is 12.1 Å². The van der Waals surface area contributed by atoms with Gasteiger partial charge in [0.05, 0.1) is 7.11 Å². The van der Waals surface area contributed by atoms with Crippen LogP contribution in [-0.4, -0.2) is 77.7 Å². The standard InChI is InChI=1S/C23H35N3O7S/c1-7-26(21(30)16(12-13-34-6)25-22(31)33-23(2,3)4)19(15-10-8-9-11-17(15)27)20(29)24-14-18(28)32-5/h8-11,16,19,27H,7,12-14H2,1-6H3,(H,24,29)(H,25,31). The molecule has 0 heterocycles. The van der Waals surface area contributed by atoms with Crippen LogP contribution in [0.25, 0.3) is 0 Å². The number of nitrogens with zero attached hydrogens (tertiary/aromatic N) is 1. The predicted molar refractivity (Wildman–Crippen MR) is 129 cm³/mol. The Labute approximate surface area is 204 Å². The van der Waals surface area contributed by atoms with Gasteiger partial charge in [0.2, 0.25) is 11.8 Å². The number of para-hydroxylation sites is 1. The summed E-state index contributed by atoms with van der Waals surface area (Å²) in [4.78, 5) is 51.9. The summed E-state index contributed by atoms with van der Waals surface area (Å²) < 4.78 is 9.87. The number of esters is 1. The third-order valence-corrected chi connectivity index (χ3v) is 5.29. The number of carbonyl (C=O) groups is 4. The molecule has 1 aromatic rings. The van der Waals surface area contributed by atoms with Crippen molar-refractivity contribution in [1.82, 2.24) is 15.5 Å². The molecule has 3 N–H and O–H groups in total. The third kappa shape index (κ3) is 9.12. The fourth-order valence-electron chi connectivity index (χ4n) is 3.11. The van der Waals surface area contributed by atoms with E-state index >= 15 is 0 Å². The Balaban J connectivity index is 3.32. The third-order valence-electron chi connectivity index (χ3n) is 4.65. The van der Waals surface area contributed by atoms with Crippen molar-refractivity contribution in [2.45, 2.75) is 51.8 Å². The maximum Gasteiger partial charge on any atom is 0.408 e. The molecule has 11 heteroatoms. The second-order valence-electron chi connectivity index (χ2n) is 8.36. The number of hydrogen-bond acceptors (Lipinski definition) is 8. The first-order chi connectivity index (χ1) is 15.9. The molecule has 0 saturated heterocycles. The summed E-state index contributed by atoms with van der Waals surface area (Å²) in [6.07, 6.45) is 1.42. The van der Waals surface area contributed by atoms with E-state index in [1.54, 1.807) is 39.8 Å². The minimum absolute atomic E-state index is 0.0925. The van der Waals surface area contributed by atoms with Gasteiger partial charge in [0.1, 0.15) is 30.0 Å². The lowest BCUT2D eigenvalue weighted by Crippen LogP contribution is -2.53. The van der Waals surface area contributed by atoms with E-state index in [-0.39, 0.29) is 17.9 Å². The van der Waals surface area contributed by atoms with E-state index in [9.17, 15) is 24.3 Å². The zero-order valence-electron chi connectivity index (χ0n) is 20.5. The summed E-state index contributed by atoms with van der Waals surface area (Å²) in [6.45, 7) is 6.50. The minimum atomic E-state index is -1.25. The molecule has 0 aliphatic rings. The van der Waals surface area contributed by atoms with Crippen molar-refractivity contribution in [3.63, 3.8) is 0 Å². The Kier molecular flexibility index (Phi) is 11.7. The highest BCUT2D eigenvalue weighted by atomic mass is 32.2. The van der Waals surface area contributed by atoms with Crippen molar-refractivity contribution in [2.24, 2.45) is 0 Å². The molecule has 2 atom stereocenters. The lowest BCUT2D eigenvalue weighted by atomic mass is 10.0. The highest BCUT2D eigenvalue weighted by Gasteiger charge is 2.36. The number of aromatic hydroxyl groups is 1. The van der Waals surface area contributed by atoms with Crippen LogP contribution >= 0.6 is 11.8 Å². The number of nitrogens with one attached hydrogen (secondary N) is 2. The van der Waals surface area contributed by atoms with Crippen LogP contribution in [0.5, 0.6) is 5.75 Å². The zero-order chi connectivity index (χ0) is 25.9. The average Bonchev–Trinajstić information content (AvgIpc) is 2.77. The monoisotopic (exact) mass is 497 g/mol. The number of methoxy groups -OCH3 is 1. The summed E-state index contributed by atoms with van der Waals surface area (Å²) in [7, 11) is 1.19. The second-order valence-corrected chi connectivity index (χ2v) is 9.35. The number of ether oxygens (including phenoxy) is 2. The van der Waals surface area contributed by atoms with Gasteiger partial charge in [0.25, 0.3) is 0 Å². The molecule has 10 nitrogen and oxygen atoms in total. The molecule has 0 fully saturated rings. The Bertz CT molecular complexity index is 857. The first kappa shape index (κ1) is 29.1. The van der Waals surface area contributed by atoms with Gasteiger partial charge < -0.3 is 30.1 Å². The van der Waals surface area contributed by atoms with E-state index in [1.165, 1.54) is 35.9 Å². The summed E-state index contributed by atoms with van der Waals surface area (Å²) in [6, 6.07) is 3.92. The molecule has 1 aromatic carbocycles. The van der Waals surface area contributed by atoms with Gasteiger partial charge in [-0.3, -0.25) is 14.4 Å². The Morgan fingerprint density at radius 3 is 2.35 bits per heavy atom. The van der Waals surface area contributed by atoms with Crippen molar-refractivity contribution in [3.8, 4) is 5.75 Å². The molecule has 0 spiro atoms. The smallest absolute Gasteiger partial charge is 0.408 e. The fraction of sp³-hybridized carbons (Fsp3) is 0.565. The van der Waals surface area contributed by atoms with Crippen molar-refractivity contribution in [3.05, 3.63) is 29.8 Å². The van der Waals surface area contributed by atoms with Crippen molar-refractivity contribution < 1.29 is 33.8 Å². The quantitative estimate of drug-likeness (QED) is 0.396. The molecular formula is C23H35N3O7S. The maximum absolute atomic E-state index is 13.6. The molecule has 1 rings (SSSR count). The summed E-state index contributed by atoms with van der Waals surface area (Å²) in [5.74, 6) is -1.48. The molecule has 3 amide bonds. The molecule has 34 heavy (non-hydrogen) atoms. The summed E-state index contributed by atoms with van der Waals surface area (Å²) in [5, 5.41) is 15.5. The molecule has 0 radical (unpaired) electrons. The maximum atomic E-state index is 13.6. The number of hydrogen-bond donors (Lipinski definition) is 3. The van der Waals surface area contributed by atoms with E-state index in [0.717, 1.165) is 0 Å². The van der Waals surface area contributed by atoms with E-state index in [4.69, 9.17) is 4.74 Å². The zero-order valence-corrected chi connectivity index (χ0v) is 21.4. The number of alkyl carbamates (subject to hydrolysis) is 1. The topological polar surface area (TPSA) is 134 Å². The van der Waals surface area contributed by atoms with Crippen LogP contribution in [-0.2, 0) is 23.9 Å². The highest BCUT2D eigenvalue weighted by molar-refractivity contribution is 7.98. The number of amides is 3. The second kappa shape index (κ2) is 13.7. The number of rotatable bonds is 11. The minimum Gasteiger partial charge on any atom is -0.508 e.